The number of hydrogen-bond donors (Lipinski definition) is 0. The third kappa shape index (κ3) is 2.58. The van der Waals surface area contributed by atoms with E-state index in [1.165, 1.54) is 6.07 Å². The summed E-state index contributed by atoms with van der Waals surface area (Å²) in [4.78, 5) is 21.4. The van der Waals surface area contributed by atoms with E-state index in [2.05, 4.69) is 10.4 Å². The first-order valence-electron chi connectivity index (χ1n) is 6.21. The quantitative estimate of drug-likeness (QED) is 0.465. The predicted molar refractivity (Wildman–Crippen MR) is 70.5 cm³/mol. The highest BCUT2D eigenvalue weighted by atomic mass is 16.6. The van der Waals surface area contributed by atoms with Crippen molar-refractivity contribution in [1.82, 2.24) is 10.0 Å². The molecule has 1 atom stereocenters. The number of benzene rings is 1. The number of aldehydes is 1. The maximum atomic E-state index is 11.1. The summed E-state index contributed by atoms with van der Waals surface area (Å²) in [5.74, 6) is 0. The van der Waals surface area contributed by atoms with Gasteiger partial charge in [0.1, 0.15) is 0 Å². The first kappa shape index (κ1) is 13.9. The molecule has 1 aliphatic heterocycles. The van der Waals surface area contributed by atoms with Crippen molar-refractivity contribution in [2.24, 2.45) is 10.4 Å². The molecule has 0 amide bonds. The van der Waals surface area contributed by atoms with E-state index in [1.54, 1.807) is 29.1 Å². The molecule has 0 bridgehead atoms. The molecule has 0 aliphatic carbocycles. The van der Waals surface area contributed by atoms with Crippen molar-refractivity contribution < 1.29 is 9.72 Å². The van der Waals surface area contributed by atoms with Gasteiger partial charge in [0.15, 0.2) is 12.5 Å². The number of carbonyl (C=O) groups excluding carboxylic acids is 1. The van der Waals surface area contributed by atoms with E-state index in [1.807, 2.05) is 6.92 Å². The zero-order valence-corrected chi connectivity index (χ0v) is 11.3. The van der Waals surface area contributed by atoms with Gasteiger partial charge >= 0.3 is 0 Å². The second kappa shape index (κ2) is 5.64. The molecule has 1 aromatic rings. The largest absolute Gasteiger partial charge is 0.299 e. The van der Waals surface area contributed by atoms with Crippen LogP contribution in [0, 0.1) is 17.0 Å². The van der Waals surface area contributed by atoms with Gasteiger partial charge in [0.25, 0.3) is 5.69 Å². The molecule has 0 fully saturated rings. The fourth-order valence-corrected chi connectivity index (χ4v) is 2.09. The van der Waals surface area contributed by atoms with Gasteiger partial charge < -0.3 is 0 Å². The average Bonchev–Trinajstić information content (AvgIpc) is 2.80. The molecule has 8 nitrogen and oxygen atoms in total. The van der Waals surface area contributed by atoms with Crippen LogP contribution in [-0.4, -0.2) is 33.9 Å². The molecule has 20 heavy (non-hydrogen) atoms. The summed E-state index contributed by atoms with van der Waals surface area (Å²) in [5, 5.41) is 21.7. The van der Waals surface area contributed by atoms with Crippen molar-refractivity contribution in [2.75, 3.05) is 6.54 Å². The summed E-state index contributed by atoms with van der Waals surface area (Å²) in [6.07, 6.45) is 0.261. The lowest BCUT2D eigenvalue weighted by Crippen LogP contribution is -2.39. The van der Waals surface area contributed by atoms with Crippen LogP contribution in [0.1, 0.15) is 18.1 Å². The van der Waals surface area contributed by atoms with Crippen molar-refractivity contribution >= 4 is 12.0 Å². The molecular weight excluding hydrogens is 262 g/mol. The standard InChI is InChI=1S/C12H15N5O3/c1-3-15-12(8-18)16(14-13-15)7-10-4-5-11(17(19)20)9(2)6-10/h4-6,8,12H,3,7H2,1-2H3. The number of hydrogen-bond acceptors (Lipinski definition) is 7. The van der Waals surface area contributed by atoms with Crippen LogP contribution in [0.5, 0.6) is 0 Å². The third-order valence-electron chi connectivity index (χ3n) is 3.13. The van der Waals surface area contributed by atoms with Crippen molar-refractivity contribution in [3.8, 4) is 0 Å². The molecule has 0 saturated heterocycles. The molecule has 0 spiro atoms. The maximum absolute atomic E-state index is 11.1. The topological polar surface area (TPSA) is 91.4 Å². The Kier molecular flexibility index (Phi) is 3.92. The van der Waals surface area contributed by atoms with E-state index in [-0.39, 0.29) is 5.69 Å². The number of carbonyl (C=O) groups is 1. The number of nitrogens with zero attached hydrogens (tertiary/aromatic N) is 5. The van der Waals surface area contributed by atoms with Gasteiger partial charge in [-0.05, 0) is 25.5 Å². The van der Waals surface area contributed by atoms with Crippen molar-refractivity contribution in [2.45, 2.75) is 26.6 Å². The minimum atomic E-state index is -0.518. The van der Waals surface area contributed by atoms with Gasteiger partial charge in [0.05, 0.1) is 11.5 Å². The molecule has 2 rings (SSSR count). The minimum absolute atomic E-state index is 0.0823. The van der Waals surface area contributed by atoms with Crippen LogP contribution in [-0.2, 0) is 11.3 Å². The summed E-state index contributed by atoms with van der Waals surface area (Å²) in [6.45, 7) is 4.53. The molecule has 8 heteroatoms. The molecule has 0 radical (unpaired) electrons. The van der Waals surface area contributed by atoms with Gasteiger partial charge in [-0.1, -0.05) is 16.5 Å². The zero-order valence-electron chi connectivity index (χ0n) is 11.3. The number of rotatable bonds is 5. The molecular formula is C12H15N5O3. The Morgan fingerprint density at radius 2 is 2.10 bits per heavy atom. The van der Waals surface area contributed by atoms with Crippen LogP contribution >= 0.6 is 0 Å². The second-order valence-corrected chi connectivity index (χ2v) is 4.46. The Bertz CT molecular complexity index is 560. The van der Waals surface area contributed by atoms with E-state index in [9.17, 15) is 14.9 Å². The Hall–Kier alpha value is -2.51. The SMILES string of the molecule is CCN1N=NN(Cc2ccc([N+](=O)[O-])c(C)c2)C1C=O. The minimum Gasteiger partial charge on any atom is -0.299 e. The molecule has 0 aromatic heterocycles. The fraction of sp³-hybridized carbons (Fsp3) is 0.417. The Labute approximate surface area is 115 Å². The van der Waals surface area contributed by atoms with Crippen LogP contribution in [0.3, 0.4) is 0 Å². The maximum Gasteiger partial charge on any atom is 0.272 e. The number of likely N-dealkylation sites (N-methyl/N-ethyl adjacent to an activating group) is 1. The molecule has 1 unspecified atom stereocenters. The second-order valence-electron chi connectivity index (χ2n) is 4.46. The van der Waals surface area contributed by atoms with E-state index >= 15 is 0 Å². The summed E-state index contributed by atoms with van der Waals surface area (Å²) in [7, 11) is 0. The monoisotopic (exact) mass is 277 g/mol. The van der Waals surface area contributed by atoms with Crippen LogP contribution < -0.4 is 0 Å². The lowest BCUT2D eigenvalue weighted by Gasteiger charge is -2.22. The average molecular weight is 277 g/mol. The lowest BCUT2D eigenvalue weighted by atomic mass is 10.1. The van der Waals surface area contributed by atoms with Crippen molar-refractivity contribution in [3.05, 3.63) is 39.4 Å². The third-order valence-corrected chi connectivity index (χ3v) is 3.13. The van der Waals surface area contributed by atoms with Crippen LogP contribution in [0.2, 0.25) is 0 Å². The highest BCUT2D eigenvalue weighted by molar-refractivity contribution is 5.57. The Balaban J connectivity index is 2.15. The highest BCUT2D eigenvalue weighted by Crippen LogP contribution is 2.22. The number of nitro groups is 1. The van der Waals surface area contributed by atoms with Gasteiger partial charge in [-0.25, -0.2) is 10.0 Å². The molecule has 1 aromatic carbocycles. The molecule has 0 saturated carbocycles. The fourth-order valence-electron chi connectivity index (χ4n) is 2.09. The summed E-state index contributed by atoms with van der Waals surface area (Å²) in [6, 6.07) is 4.85. The van der Waals surface area contributed by atoms with E-state index in [4.69, 9.17) is 0 Å². The lowest BCUT2D eigenvalue weighted by molar-refractivity contribution is -0.385. The highest BCUT2D eigenvalue weighted by Gasteiger charge is 2.28. The van der Waals surface area contributed by atoms with Gasteiger partial charge in [0.2, 0.25) is 0 Å². The summed E-state index contributed by atoms with van der Waals surface area (Å²) in [5.41, 5.74) is 1.51. The normalized spacial score (nSPS) is 17.6. The van der Waals surface area contributed by atoms with E-state index < -0.39 is 11.1 Å². The van der Waals surface area contributed by atoms with Crippen LogP contribution in [0.15, 0.2) is 28.6 Å². The number of aryl methyl sites for hydroxylation is 1. The van der Waals surface area contributed by atoms with Crippen LogP contribution in [0.25, 0.3) is 0 Å². The van der Waals surface area contributed by atoms with Gasteiger partial charge in [-0.15, -0.1) is 0 Å². The zero-order chi connectivity index (χ0) is 14.7. The molecule has 0 N–H and O–H groups in total. The Morgan fingerprint density at radius 3 is 2.65 bits per heavy atom. The smallest absolute Gasteiger partial charge is 0.272 e. The summed E-state index contributed by atoms with van der Waals surface area (Å²) >= 11 is 0. The van der Waals surface area contributed by atoms with Gasteiger partial charge in [-0.2, -0.15) is 0 Å². The van der Waals surface area contributed by atoms with Gasteiger partial charge in [0, 0.05) is 18.2 Å². The van der Waals surface area contributed by atoms with E-state index in [0.717, 1.165) is 11.8 Å². The Morgan fingerprint density at radius 1 is 1.40 bits per heavy atom. The molecule has 1 heterocycles. The van der Waals surface area contributed by atoms with Crippen molar-refractivity contribution in [1.29, 1.82) is 0 Å². The van der Waals surface area contributed by atoms with Gasteiger partial charge in [-0.3, -0.25) is 14.9 Å². The first-order valence-corrected chi connectivity index (χ1v) is 6.21. The molecule has 106 valence electrons. The van der Waals surface area contributed by atoms with Crippen molar-refractivity contribution in [3.63, 3.8) is 0 Å². The van der Waals surface area contributed by atoms with Crippen LogP contribution in [0.4, 0.5) is 5.69 Å². The predicted octanol–water partition coefficient (Wildman–Crippen LogP) is 1.85. The number of nitro benzene ring substituents is 1. The van der Waals surface area contributed by atoms with E-state index in [0.29, 0.717) is 18.7 Å². The first-order chi connectivity index (χ1) is 9.56. The molecule has 1 aliphatic rings. The summed E-state index contributed by atoms with van der Waals surface area (Å²) < 4.78 is 0.